The second kappa shape index (κ2) is 8.12. The van der Waals surface area contributed by atoms with Crippen LogP contribution in [0.1, 0.15) is 41.2 Å². The summed E-state index contributed by atoms with van der Waals surface area (Å²) in [5.41, 5.74) is 5.74. The molecule has 0 aromatic carbocycles. The van der Waals surface area contributed by atoms with Crippen LogP contribution in [-0.4, -0.2) is 29.7 Å². The summed E-state index contributed by atoms with van der Waals surface area (Å²) in [5.74, 6) is -1.55. The molecule has 3 N–H and O–H groups in total. The summed E-state index contributed by atoms with van der Waals surface area (Å²) in [7, 11) is 0. The molecule has 0 aliphatic heterocycles. The molecule has 1 aromatic heterocycles. The number of thiazole rings is 1. The molecule has 0 atom stereocenters. The van der Waals surface area contributed by atoms with E-state index in [1.54, 1.807) is 5.38 Å². The molecule has 0 unspecified atom stereocenters. The van der Waals surface area contributed by atoms with Crippen LogP contribution in [0.3, 0.4) is 0 Å². The summed E-state index contributed by atoms with van der Waals surface area (Å²) >= 11 is 1.37. The normalized spacial score (nSPS) is 22.0. The van der Waals surface area contributed by atoms with Crippen molar-refractivity contribution in [2.24, 2.45) is 11.7 Å². The second-order valence-electron chi connectivity index (χ2n) is 5.23. The third-order valence-electron chi connectivity index (χ3n) is 3.67. The monoisotopic (exact) mass is 357 g/mol. The van der Waals surface area contributed by atoms with E-state index in [-0.39, 0.29) is 37.2 Å². The minimum absolute atomic E-state index is 0. The average molecular weight is 358 g/mol. The molecule has 126 valence electrons. The van der Waals surface area contributed by atoms with Crippen LogP contribution >= 0.6 is 23.7 Å². The van der Waals surface area contributed by atoms with Crippen molar-refractivity contribution in [1.82, 2.24) is 10.3 Å². The van der Waals surface area contributed by atoms with Crippen LogP contribution in [0.4, 0.5) is 13.2 Å². The molecule has 0 bridgehead atoms. The number of aromatic nitrogens is 1. The van der Waals surface area contributed by atoms with Crippen LogP contribution in [-0.2, 0) is 6.42 Å². The number of carbonyl (C=O) groups excluding carboxylic acids is 1. The Morgan fingerprint density at radius 1 is 1.36 bits per heavy atom. The molecule has 1 saturated carbocycles. The van der Waals surface area contributed by atoms with E-state index < -0.39 is 12.1 Å². The van der Waals surface area contributed by atoms with Gasteiger partial charge in [0.2, 0.25) is 0 Å². The Labute approximate surface area is 137 Å². The van der Waals surface area contributed by atoms with Crippen molar-refractivity contribution in [2.45, 2.75) is 44.3 Å². The predicted octanol–water partition coefficient (Wildman–Crippen LogP) is 2.92. The van der Waals surface area contributed by atoms with Gasteiger partial charge in [-0.05, 0) is 32.2 Å². The molecule has 0 saturated heterocycles. The number of carbonyl (C=O) groups is 1. The highest BCUT2D eigenvalue weighted by molar-refractivity contribution is 7.09. The predicted molar refractivity (Wildman–Crippen MR) is 81.4 cm³/mol. The highest BCUT2D eigenvalue weighted by atomic mass is 35.5. The van der Waals surface area contributed by atoms with E-state index in [0.717, 1.165) is 5.01 Å². The van der Waals surface area contributed by atoms with Crippen molar-refractivity contribution in [3.8, 4) is 0 Å². The maximum Gasteiger partial charge on any atom is 0.391 e. The third kappa shape index (κ3) is 5.10. The van der Waals surface area contributed by atoms with Gasteiger partial charge in [-0.15, -0.1) is 23.7 Å². The van der Waals surface area contributed by atoms with Crippen LogP contribution in [0.15, 0.2) is 5.38 Å². The van der Waals surface area contributed by atoms with Crippen LogP contribution in [0.2, 0.25) is 0 Å². The van der Waals surface area contributed by atoms with Crippen LogP contribution in [0, 0.1) is 5.92 Å². The topological polar surface area (TPSA) is 68.0 Å². The van der Waals surface area contributed by atoms with Gasteiger partial charge in [-0.1, -0.05) is 0 Å². The van der Waals surface area contributed by atoms with Crippen molar-refractivity contribution in [3.05, 3.63) is 16.1 Å². The molecule has 1 fully saturated rings. The van der Waals surface area contributed by atoms with E-state index in [2.05, 4.69) is 10.3 Å². The quantitative estimate of drug-likeness (QED) is 0.870. The van der Waals surface area contributed by atoms with E-state index in [0.29, 0.717) is 31.5 Å². The van der Waals surface area contributed by atoms with Crippen molar-refractivity contribution in [2.75, 3.05) is 6.54 Å². The summed E-state index contributed by atoms with van der Waals surface area (Å²) in [6, 6.07) is -0.198. The molecule has 1 aliphatic rings. The summed E-state index contributed by atoms with van der Waals surface area (Å²) < 4.78 is 37.7. The van der Waals surface area contributed by atoms with Crippen LogP contribution in [0.25, 0.3) is 0 Å². The first kappa shape index (κ1) is 19.2. The number of halogens is 4. The molecular weight excluding hydrogens is 339 g/mol. The van der Waals surface area contributed by atoms with Gasteiger partial charge in [-0.2, -0.15) is 13.2 Å². The van der Waals surface area contributed by atoms with Crippen molar-refractivity contribution in [1.29, 1.82) is 0 Å². The van der Waals surface area contributed by atoms with Gasteiger partial charge in [-0.25, -0.2) is 4.98 Å². The van der Waals surface area contributed by atoms with Crippen molar-refractivity contribution >= 4 is 29.7 Å². The highest BCUT2D eigenvalue weighted by Crippen LogP contribution is 2.37. The summed E-state index contributed by atoms with van der Waals surface area (Å²) in [6.45, 7) is 0.468. The van der Waals surface area contributed by atoms with E-state index >= 15 is 0 Å². The second-order valence-corrected chi connectivity index (χ2v) is 6.17. The minimum Gasteiger partial charge on any atom is -0.348 e. The fourth-order valence-electron chi connectivity index (χ4n) is 2.48. The Bertz CT molecular complexity index is 487. The smallest absolute Gasteiger partial charge is 0.348 e. The van der Waals surface area contributed by atoms with Gasteiger partial charge in [0, 0.05) is 17.8 Å². The van der Waals surface area contributed by atoms with Gasteiger partial charge >= 0.3 is 6.18 Å². The Kier molecular flexibility index (Phi) is 7.08. The Balaban J connectivity index is 0.00000242. The first-order chi connectivity index (χ1) is 9.90. The lowest BCUT2D eigenvalue weighted by Gasteiger charge is -2.30. The van der Waals surface area contributed by atoms with Crippen LogP contribution < -0.4 is 11.1 Å². The van der Waals surface area contributed by atoms with E-state index in [1.807, 2.05) is 0 Å². The average Bonchev–Trinajstić information content (AvgIpc) is 2.87. The Hall–Kier alpha value is -0.860. The molecule has 1 aliphatic carbocycles. The number of alkyl halides is 3. The number of hydrogen-bond acceptors (Lipinski definition) is 4. The largest absolute Gasteiger partial charge is 0.391 e. The number of nitrogens with zero attached hydrogens (tertiary/aromatic N) is 1. The van der Waals surface area contributed by atoms with Gasteiger partial charge in [-0.3, -0.25) is 4.79 Å². The molecule has 0 spiro atoms. The van der Waals surface area contributed by atoms with Crippen molar-refractivity contribution in [3.63, 3.8) is 0 Å². The number of amides is 1. The number of hydrogen-bond donors (Lipinski definition) is 2. The maximum absolute atomic E-state index is 12.6. The molecular formula is C13H19ClF3N3OS. The Morgan fingerprint density at radius 3 is 2.55 bits per heavy atom. The molecule has 2 rings (SSSR count). The molecule has 0 radical (unpaired) electrons. The molecule has 9 heteroatoms. The van der Waals surface area contributed by atoms with Gasteiger partial charge in [0.05, 0.1) is 10.9 Å². The Morgan fingerprint density at radius 2 is 2.00 bits per heavy atom. The molecule has 22 heavy (non-hydrogen) atoms. The fourth-order valence-corrected chi connectivity index (χ4v) is 3.27. The van der Waals surface area contributed by atoms with E-state index in [4.69, 9.17) is 5.73 Å². The lowest BCUT2D eigenvalue weighted by atomic mass is 9.85. The zero-order chi connectivity index (χ0) is 15.5. The van der Waals surface area contributed by atoms with Gasteiger partial charge < -0.3 is 11.1 Å². The first-order valence-corrected chi connectivity index (χ1v) is 7.80. The lowest BCUT2D eigenvalue weighted by molar-refractivity contribution is -0.182. The van der Waals surface area contributed by atoms with E-state index in [1.165, 1.54) is 11.3 Å². The molecule has 1 amide bonds. The zero-order valence-corrected chi connectivity index (χ0v) is 13.5. The summed E-state index contributed by atoms with van der Waals surface area (Å²) in [6.07, 6.45) is -2.64. The third-order valence-corrected chi connectivity index (χ3v) is 4.58. The van der Waals surface area contributed by atoms with E-state index in [9.17, 15) is 18.0 Å². The first-order valence-electron chi connectivity index (χ1n) is 6.92. The van der Waals surface area contributed by atoms with Crippen molar-refractivity contribution < 1.29 is 18.0 Å². The molecule has 1 aromatic rings. The number of nitrogens with two attached hydrogens (primary N) is 1. The van der Waals surface area contributed by atoms with Gasteiger partial charge in [0.1, 0.15) is 5.69 Å². The standard InChI is InChI=1S/C13H18F3N3OS.ClH/c14-13(15,16)8-1-3-9(4-2-8)18-12(20)10-7-21-11(19-10)5-6-17;/h7-9H,1-6,17H2,(H,18,20);1H. The maximum atomic E-state index is 12.6. The highest BCUT2D eigenvalue weighted by Gasteiger charge is 2.41. The zero-order valence-electron chi connectivity index (χ0n) is 11.9. The summed E-state index contributed by atoms with van der Waals surface area (Å²) in [4.78, 5) is 16.2. The van der Waals surface area contributed by atoms with Crippen LogP contribution in [0.5, 0.6) is 0 Å². The van der Waals surface area contributed by atoms with Gasteiger partial charge in [0.25, 0.3) is 5.91 Å². The molecule has 1 heterocycles. The molecule has 4 nitrogen and oxygen atoms in total. The number of rotatable bonds is 4. The number of nitrogens with one attached hydrogen (secondary N) is 1. The minimum atomic E-state index is -4.12. The fraction of sp³-hybridized carbons (Fsp3) is 0.692. The lowest BCUT2D eigenvalue weighted by Crippen LogP contribution is -2.40. The summed E-state index contributed by atoms with van der Waals surface area (Å²) in [5, 5.41) is 5.22. The SMILES string of the molecule is Cl.NCCc1nc(C(=O)NC2CCC(C(F)(F)F)CC2)cs1. The van der Waals surface area contributed by atoms with Gasteiger partial charge in [0.15, 0.2) is 0 Å².